The van der Waals surface area contributed by atoms with Crippen LogP contribution in [-0.2, 0) is 32.6 Å². The number of ether oxygens (including phenoxy) is 1. The standard InChI is InChI=1S/C31H36ClN3O5S/c1-40-28-17-8-12-24(18-28)21-34(30(36)22-35(41(2,38)39)27-16-9-13-25(32)20-27)29(19-23-10-4-3-5-11-23)31(37)33-26-14-6-7-15-26/h3-5,8-13,16-18,20,26,29H,6-7,14-15,19,21-22H2,1-2H3,(H,33,37)/t29-/m0/s1. The summed E-state index contributed by atoms with van der Waals surface area (Å²) in [7, 11) is -2.30. The molecule has 1 fully saturated rings. The molecular formula is C31H36ClN3O5S. The number of sulfonamides is 1. The highest BCUT2D eigenvalue weighted by Crippen LogP contribution is 2.24. The van der Waals surface area contributed by atoms with Crippen LogP contribution in [0.5, 0.6) is 5.75 Å². The summed E-state index contributed by atoms with van der Waals surface area (Å²) < 4.78 is 32.2. The first-order valence-electron chi connectivity index (χ1n) is 13.6. The first kappa shape index (κ1) is 30.4. The largest absolute Gasteiger partial charge is 0.497 e. The Kier molecular flexibility index (Phi) is 10.3. The molecule has 4 rings (SSSR count). The Labute approximate surface area is 247 Å². The van der Waals surface area contributed by atoms with Crippen molar-refractivity contribution in [3.05, 3.63) is 95.0 Å². The summed E-state index contributed by atoms with van der Waals surface area (Å²) in [5.41, 5.74) is 1.90. The molecule has 0 aliphatic heterocycles. The molecule has 1 N–H and O–H groups in total. The Hall–Kier alpha value is -3.56. The van der Waals surface area contributed by atoms with Gasteiger partial charge in [-0.1, -0.05) is 73.0 Å². The molecule has 41 heavy (non-hydrogen) atoms. The first-order chi connectivity index (χ1) is 19.6. The van der Waals surface area contributed by atoms with Crippen LogP contribution in [0.25, 0.3) is 0 Å². The van der Waals surface area contributed by atoms with Crippen LogP contribution >= 0.6 is 11.6 Å². The fourth-order valence-corrected chi connectivity index (χ4v) is 6.16. The number of amides is 2. The molecule has 1 aliphatic carbocycles. The summed E-state index contributed by atoms with van der Waals surface area (Å²) in [4.78, 5) is 29.5. The Balaban J connectivity index is 1.73. The molecule has 3 aromatic carbocycles. The Morgan fingerprint density at radius 1 is 0.976 bits per heavy atom. The number of benzene rings is 3. The van der Waals surface area contributed by atoms with Gasteiger partial charge >= 0.3 is 0 Å². The summed E-state index contributed by atoms with van der Waals surface area (Å²) in [5, 5.41) is 3.50. The van der Waals surface area contributed by atoms with Crippen molar-refractivity contribution in [3.8, 4) is 5.75 Å². The molecule has 1 atom stereocenters. The van der Waals surface area contributed by atoms with Gasteiger partial charge in [0.15, 0.2) is 0 Å². The van der Waals surface area contributed by atoms with Crippen molar-refractivity contribution >= 4 is 39.1 Å². The van der Waals surface area contributed by atoms with E-state index >= 15 is 0 Å². The Morgan fingerprint density at radius 3 is 2.32 bits per heavy atom. The maximum atomic E-state index is 14.2. The Bertz CT molecular complexity index is 1440. The van der Waals surface area contributed by atoms with Gasteiger partial charge in [0.25, 0.3) is 0 Å². The molecular weight excluding hydrogens is 562 g/mol. The second-order valence-electron chi connectivity index (χ2n) is 10.3. The summed E-state index contributed by atoms with van der Waals surface area (Å²) >= 11 is 6.16. The number of carbonyl (C=O) groups excluding carboxylic acids is 2. The lowest BCUT2D eigenvalue weighted by atomic mass is 10.0. The lowest BCUT2D eigenvalue weighted by Gasteiger charge is -2.34. The van der Waals surface area contributed by atoms with E-state index in [0.717, 1.165) is 47.4 Å². The second kappa shape index (κ2) is 13.9. The van der Waals surface area contributed by atoms with Crippen molar-refractivity contribution in [2.24, 2.45) is 0 Å². The Morgan fingerprint density at radius 2 is 1.66 bits per heavy atom. The highest BCUT2D eigenvalue weighted by molar-refractivity contribution is 7.92. The molecule has 0 spiro atoms. The summed E-state index contributed by atoms with van der Waals surface area (Å²) in [5.74, 6) is -0.159. The van der Waals surface area contributed by atoms with Gasteiger partial charge in [0.05, 0.1) is 19.1 Å². The summed E-state index contributed by atoms with van der Waals surface area (Å²) in [6, 6.07) is 22.3. The van der Waals surface area contributed by atoms with Gasteiger partial charge in [-0.3, -0.25) is 13.9 Å². The predicted molar refractivity (Wildman–Crippen MR) is 162 cm³/mol. The van der Waals surface area contributed by atoms with Crippen molar-refractivity contribution < 1.29 is 22.7 Å². The molecule has 0 bridgehead atoms. The lowest BCUT2D eigenvalue weighted by molar-refractivity contribution is -0.140. The maximum absolute atomic E-state index is 14.2. The number of nitrogens with one attached hydrogen (secondary N) is 1. The van der Waals surface area contributed by atoms with Crippen LogP contribution in [0.2, 0.25) is 5.02 Å². The van der Waals surface area contributed by atoms with E-state index in [1.807, 2.05) is 42.5 Å². The highest BCUT2D eigenvalue weighted by Gasteiger charge is 2.34. The minimum Gasteiger partial charge on any atom is -0.497 e. The van der Waals surface area contributed by atoms with E-state index < -0.39 is 28.5 Å². The average Bonchev–Trinajstić information content (AvgIpc) is 3.46. The molecule has 0 aromatic heterocycles. The molecule has 2 amide bonds. The number of methoxy groups -OCH3 is 1. The SMILES string of the molecule is COc1cccc(CN(C(=O)CN(c2cccc(Cl)c2)S(C)(=O)=O)[C@@H](Cc2ccccc2)C(=O)NC2CCCC2)c1. The maximum Gasteiger partial charge on any atom is 0.244 e. The fourth-order valence-electron chi connectivity index (χ4n) is 5.13. The van der Waals surface area contributed by atoms with Crippen molar-refractivity contribution in [2.75, 3.05) is 24.2 Å². The number of halogens is 1. The quantitative estimate of drug-likeness (QED) is 0.323. The van der Waals surface area contributed by atoms with Gasteiger partial charge in [0.1, 0.15) is 18.3 Å². The minimum atomic E-state index is -3.86. The molecule has 10 heteroatoms. The van der Waals surface area contributed by atoms with Crippen molar-refractivity contribution in [2.45, 2.75) is 50.7 Å². The first-order valence-corrected chi connectivity index (χ1v) is 15.9. The molecule has 0 unspecified atom stereocenters. The third-order valence-corrected chi connectivity index (χ3v) is 8.61. The molecule has 0 saturated heterocycles. The molecule has 8 nitrogen and oxygen atoms in total. The van der Waals surface area contributed by atoms with Crippen molar-refractivity contribution in [1.29, 1.82) is 0 Å². The average molecular weight is 598 g/mol. The van der Waals surface area contributed by atoms with E-state index in [0.29, 0.717) is 10.8 Å². The van der Waals surface area contributed by atoms with E-state index in [1.165, 1.54) is 11.0 Å². The zero-order valence-electron chi connectivity index (χ0n) is 23.3. The van der Waals surface area contributed by atoms with Crippen LogP contribution < -0.4 is 14.4 Å². The topological polar surface area (TPSA) is 96.0 Å². The monoisotopic (exact) mass is 597 g/mol. The van der Waals surface area contributed by atoms with Crippen LogP contribution in [-0.4, -0.2) is 57.1 Å². The summed E-state index contributed by atoms with van der Waals surface area (Å²) in [6.07, 6.45) is 5.19. The van der Waals surface area contributed by atoms with E-state index in [9.17, 15) is 18.0 Å². The number of carbonyl (C=O) groups is 2. The van der Waals surface area contributed by atoms with E-state index in [4.69, 9.17) is 16.3 Å². The zero-order valence-corrected chi connectivity index (χ0v) is 24.9. The van der Waals surface area contributed by atoms with Gasteiger partial charge in [0.2, 0.25) is 21.8 Å². The molecule has 0 heterocycles. The van der Waals surface area contributed by atoms with Crippen molar-refractivity contribution in [3.63, 3.8) is 0 Å². The lowest BCUT2D eigenvalue weighted by Crippen LogP contribution is -2.54. The van der Waals surface area contributed by atoms with Gasteiger partial charge in [-0.25, -0.2) is 8.42 Å². The highest BCUT2D eigenvalue weighted by atomic mass is 35.5. The van der Waals surface area contributed by atoms with Crippen LogP contribution in [0.15, 0.2) is 78.9 Å². The van der Waals surface area contributed by atoms with Crippen LogP contribution in [0, 0.1) is 0 Å². The molecule has 1 aliphatic rings. The van der Waals surface area contributed by atoms with E-state index in [1.54, 1.807) is 37.4 Å². The third kappa shape index (κ3) is 8.47. The number of nitrogens with zero attached hydrogens (tertiary/aromatic N) is 2. The zero-order chi connectivity index (χ0) is 29.4. The minimum absolute atomic E-state index is 0.0496. The number of hydrogen-bond acceptors (Lipinski definition) is 5. The molecule has 1 saturated carbocycles. The second-order valence-corrected chi connectivity index (χ2v) is 12.7. The van der Waals surface area contributed by atoms with Gasteiger partial charge in [0, 0.05) is 24.0 Å². The molecule has 3 aromatic rings. The van der Waals surface area contributed by atoms with E-state index in [2.05, 4.69) is 5.32 Å². The van der Waals surface area contributed by atoms with Gasteiger partial charge in [-0.15, -0.1) is 0 Å². The molecule has 218 valence electrons. The van der Waals surface area contributed by atoms with E-state index in [-0.39, 0.29) is 30.6 Å². The molecule has 0 radical (unpaired) electrons. The smallest absolute Gasteiger partial charge is 0.244 e. The number of anilines is 1. The number of hydrogen-bond donors (Lipinski definition) is 1. The third-order valence-electron chi connectivity index (χ3n) is 7.24. The predicted octanol–water partition coefficient (Wildman–Crippen LogP) is 4.81. The number of rotatable bonds is 12. The fraction of sp³-hybridized carbons (Fsp3) is 0.355. The van der Waals surface area contributed by atoms with Gasteiger partial charge < -0.3 is 15.0 Å². The van der Waals surface area contributed by atoms with Crippen molar-refractivity contribution in [1.82, 2.24) is 10.2 Å². The van der Waals surface area contributed by atoms with Crippen LogP contribution in [0.1, 0.15) is 36.8 Å². The van der Waals surface area contributed by atoms with Gasteiger partial charge in [-0.2, -0.15) is 0 Å². The van der Waals surface area contributed by atoms with Crippen LogP contribution in [0.4, 0.5) is 5.69 Å². The normalized spacial score (nSPS) is 14.3. The van der Waals surface area contributed by atoms with Gasteiger partial charge in [-0.05, 0) is 54.3 Å². The van der Waals surface area contributed by atoms with Crippen LogP contribution in [0.3, 0.4) is 0 Å². The summed E-state index contributed by atoms with van der Waals surface area (Å²) in [6.45, 7) is -0.413.